The van der Waals surface area contributed by atoms with Crippen LogP contribution in [0.1, 0.15) is 16.9 Å². The first-order chi connectivity index (χ1) is 30.6. The third kappa shape index (κ3) is 5.63. The molecule has 0 fully saturated rings. The van der Waals surface area contributed by atoms with Crippen molar-refractivity contribution in [3.05, 3.63) is 223 Å². The third-order valence-corrected chi connectivity index (χ3v) is 12.8. The molecule has 0 aliphatic heterocycles. The average Bonchev–Trinajstić information content (AvgIpc) is 3.85. The SMILES string of the molecule is CN=C(c1ccc(-c2ccccc2)cc1)c1oc2ccc(-c3cc4c5ccccc5c5ccccc5c4cc3-n3c4ccccc4c4cc(-c5ccccc5)ccc43)cc2c1C. The van der Waals surface area contributed by atoms with Crippen LogP contribution in [0.25, 0.3) is 104 Å². The van der Waals surface area contributed by atoms with Gasteiger partial charge in [0.15, 0.2) is 5.76 Å². The molecule has 0 saturated heterocycles. The Labute approximate surface area is 359 Å². The van der Waals surface area contributed by atoms with Gasteiger partial charge in [0.2, 0.25) is 0 Å². The van der Waals surface area contributed by atoms with Crippen LogP contribution in [0.15, 0.2) is 216 Å². The van der Waals surface area contributed by atoms with Crippen LogP contribution in [-0.2, 0) is 0 Å². The van der Waals surface area contributed by atoms with Gasteiger partial charge in [-0.1, -0.05) is 164 Å². The van der Waals surface area contributed by atoms with Crippen molar-refractivity contribution < 1.29 is 4.42 Å². The summed E-state index contributed by atoms with van der Waals surface area (Å²) in [4.78, 5) is 4.81. The van der Waals surface area contributed by atoms with E-state index in [-0.39, 0.29) is 0 Å². The van der Waals surface area contributed by atoms with E-state index >= 15 is 0 Å². The largest absolute Gasteiger partial charge is 0.454 e. The first kappa shape index (κ1) is 35.9. The second-order valence-electron chi connectivity index (χ2n) is 16.2. The normalized spacial score (nSPS) is 12.1. The molecule has 12 aromatic rings. The van der Waals surface area contributed by atoms with Gasteiger partial charge in [-0.3, -0.25) is 4.99 Å². The fourth-order valence-electron chi connectivity index (χ4n) is 9.83. The number of benzene rings is 10. The molecule has 0 atom stereocenters. The Morgan fingerprint density at radius 2 is 0.903 bits per heavy atom. The highest BCUT2D eigenvalue weighted by atomic mass is 16.3. The van der Waals surface area contributed by atoms with Crippen LogP contribution < -0.4 is 0 Å². The lowest BCUT2D eigenvalue weighted by atomic mass is 9.90. The van der Waals surface area contributed by atoms with Crippen molar-refractivity contribution >= 4 is 70.8 Å². The van der Waals surface area contributed by atoms with Gasteiger partial charge in [0.25, 0.3) is 0 Å². The lowest BCUT2D eigenvalue weighted by molar-refractivity contribution is 0.602. The van der Waals surface area contributed by atoms with E-state index in [9.17, 15) is 0 Å². The molecule has 3 nitrogen and oxygen atoms in total. The monoisotopic (exact) mass is 792 g/mol. The molecule has 10 aromatic carbocycles. The number of rotatable bonds is 6. The molecule has 0 spiro atoms. The predicted molar refractivity (Wildman–Crippen MR) is 262 cm³/mol. The van der Waals surface area contributed by atoms with Gasteiger partial charge < -0.3 is 8.98 Å². The maximum Gasteiger partial charge on any atom is 0.156 e. The molecule has 0 aliphatic carbocycles. The number of hydrogen-bond acceptors (Lipinski definition) is 2. The van der Waals surface area contributed by atoms with Gasteiger partial charge in [-0.2, -0.15) is 0 Å². The summed E-state index contributed by atoms with van der Waals surface area (Å²) in [6, 6.07) is 74.8. The fourth-order valence-corrected chi connectivity index (χ4v) is 9.83. The highest BCUT2D eigenvalue weighted by Crippen LogP contribution is 2.44. The summed E-state index contributed by atoms with van der Waals surface area (Å²) in [6.07, 6.45) is 0. The number of para-hydroxylation sites is 1. The Balaban J connectivity index is 1.10. The molecular weight excluding hydrogens is 753 g/mol. The molecule has 62 heavy (non-hydrogen) atoms. The zero-order valence-corrected chi connectivity index (χ0v) is 34.4. The summed E-state index contributed by atoms with van der Waals surface area (Å²) in [5.41, 5.74) is 14.3. The number of furan rings is 1. The minimum Gasteiger partial charge on any atom is -0.454 e. The molecule has 0 N–H and O–H groups in total. The Hall–Kier alpha value is -8.01. The number of nitrogens with zero attached hydrogens (tertiary/aromatic N) is 2. The van der Waals surface area contributed by atoms with Crippen molar-refractivity contribution in [1.29, 1.82) is 0 Å². The standard InChI is InChI=1S/C59H40N2O/c1-37-49-34-43(30-32-57(49)62-59(37)58(60-2)41-27-25-40(26-28-41)38-15-5-3-6-16-38)50-35-51-46-21-11-9-19-44(46)45-20-10-12-22-47(45)52(51)36-56(50)61-54-24-14-13-23-48(54)53-33-42(29-31-55(53)61)39-17-7-4-8-18-39/h3-36H,1-2H3. The highest BCUT2D eigenvalue weighted by molar-refractivity contribution is 6.26. The van der Waals surface area contributed by atoms with Gasteiger partial charge in [-0.05, 0) is 110 Å². The minimum absolute atomic E-state index is 0.792. The molecule has 0 amide bonds. The Kier molecular flexibility index (Phi) is 8.29. The summed E-state index contributed by atoms with van der Waals surface area (Å²) < 4.78 is 9.20. The number of hydrogen-bond donors (Lipinski definition) is 0. The summed E-state index contributed by atoms with van der Waals surface area (Å²) >= 11 is 0. The van der Waals surface area contributed by atoms with Gasteiger partial charge in [0.05, 0.1) is 16.7 Å². The van der Waals surface area contributed by atoms with E-state index in [1.165, 1.54) is 76.4 Å². The van der Waals surface area contributed by atoms with Crippen molar-refractivity contribution in [2.24, 2.45) is 4.99 Å². The zero-order valence-electron chi connectivity index (χ0n) is 34.4. The van der Waals surface area contributed by atoms with Gasteiger partial charge >= 0.3 is 0 Å². The Morgan fingerprint density at radius 1 is 0.403 bits per heavy atom. The predicted octanol–water partition coefficient (Wildman–Crippen LogP) is 15.8. The number of aromatic nitrogens is 1. The average molecular weight is 793 g/mol. The van der Waals surface area contributed by atoms with Crippen LogP contribution >= 0.6 is 0 Å². The summed E-state index contributed by atoms with van der Waals surface area (Å²) in [5, 5.41) is 11.0. The zero-order chi connectivity index (χ0) is 41.3. The van der Waals surface area contributed by atoms with Crippen molar-refractivity contribution in [2.45, 2.75) is 6.92 Å². The second kappa shape index (κ2) is 14.3. The Bertz CT molecular complexity index is 3740. The smallest absolute Gasteiger partial charge is 0.156 e. The van der Waals surface area contributed by atoms with E-state index in [1.54, 1.807) is 0 Å². The maximum absolute atomic E-state index is 6.72. The molecule has 0 unspecified atom stereocenters. The first-order valence-electron chi connectivity index (χ1n) is 21.3. The quantitative estimate of drug-likeness (QED) is 0.122. The van der Waals surface area contributed by atoms with E-state index in [0.29, 0.717) is 0 Å². The number of fused-ring (bicyclic) bond motifs is 10. The molecule has 0 radical (unpaired) electrons. The molecule has 3 heteroatoms. The molecule has 0 bridgehead atoms. The van der Waals surface area contributed by atoms with Crippen molar-refractivity contribution in [3.8, 4) is 39.1 Å². The van der Waals surface area contributed by atoms with Crippen molar-refractivity contribution in [2.75, 3.05) is 7.05 Å². The first-order valence-corrected chi connectivity index (χ1v) is 21.3. The van der Waals surface area contributed by atoms with Crippen LogP contribution in [0.4, 0.5) is 0 Å². The maximum atomic E-state index is 6.72. The summed E-state index contributed by atoms with van der Waals surface area (Å²) in [6.45, 7) is 2.16. The van der Waals surface area contributed by atoms with Crippen molar-refractivity contribution in [3.63, 3.8) is 0 Å². The second-order valence-corrected chi connectivity index (χ2v) is 16.2. The van der Waals surface area contributed by atoms with Crippen LogP contribution in [0.3, 0.4) is 0 Å². The van der Waals surface area contributed by atoms with E-state index in [1.807, 2.05) is 13.1 Å². The number of aliphatic imine (C=N–C) groups is 1. The van der Waals surface area contributed by atoms with Crippen LogP contribution in [0, 0.1) is 6.92 Å². The summed E-state index contributed by atoms with van der Waals surface area (Å²) in [7, 11) is 1.85. The molecular formula is C59H40N2O. The van der Waals surface area contributed by atoms with E-state index < -0.39 is 0 Å². The van der Waals surface area contributed by atoms with E-state index in [0.717, 1.165) is 50.4 Å². The number of aryl methyl sites for hydroxylation is 1. The third-order valence-electron chi connectivity index (χ3n) is 12.8. The lowest BCUT2D eigenvalue weighted by Crippen LogP contribution is -2.03. The van der Waals surface area contributed by atoms with Crippen LogP contribution in [-0.4, -0.2) is 17.3 Å². The molecule has 2 heterocycles. The fraction of sp³-hybridized carbons (Fsp3) is 0.0339. The lowest BCUT2D eigenvalue weighted by Gasteiger charge is -2.18. The van der Waals surface area contributed by atoms with Gasteiger partial charge in [0, 0.05) is 39.9 Å². The van der Waals surface area contributed by atoms with E-state index in [2.05, 4.69) is 212 Å². The van der Waals surface area contributed by atoms with Gasteiger partial charge in [0.1, 0.15) is 11.3 Å². The van der Waals surface area contributed by atoms with Crippen LogP contribution in [0.2, 0.25) is 0 Å². The molecule has 2 aromatic heterocycles. The molecule has 292 valence electrons. The molecule has 12 rings (SSSR count). The van der Waals surface area contributed by atoms with Gasteiger partial charge in [-0.15, -0.1) is 0 Å². The van der Waals surface area contributed by atoms with E-state index in [4.69, 9.17) is 9.41 Å². The Morgan fingerprint density at radius 3 is 1.56 bits per heavy atom. The van der Waals surface area contributed by atoms with Crippen molar-refractivity contribution in [1.82, 2.24) is 4.57 Å². The highest BCUT2D eigenvalue weighted by Gasteiger charge is 2.22. The summed E-state index contributed by atoms with van der Waals surface area (Å²) in [5.74, 6) is 0.792. The molecule has 0 aliphatic rings. The van der Waals surface area contributed by atoms with Gasteiger partial charge in [-0.25, -0.2) is 0 Å². The minimum atomic E-state index is 0.792. The molecule has 0 saturated carbocycles. The topological polar surface area (TPSA) is 30.4 Å². The van der Waals surface area contributed by atoms with Crippen LogP contribution in [0.5, 0.6) is 0 Å².